The van der Waals surface area contributed by atoms with Crippen molar-refractivity contribution in [3.05, 3.63) is 36.0 Å². The van der Waals surface area contributed by atoms with E-state index >= 15 is 0 Å². The molecule has 0 aliphatic carbocycles. The molecule has 1 atom stereocenters. The van der Waals surface area contributed by atoms with Crippen molar-refractivity contribution >= 4 is 16.6 Å². The molecule has 1 unspecified atom stereocenters. The average Bonchev–Trinajstić information content (AvgIpc) is 2.36. The Balaban J connectivity index is 2.29. The van der Waals surface area contributed by atoms with Gasteiger partial charge in [-0.3, -0.25) is 4.98 Å². The molecule has 0 radical (unpaired) electrons. The van der Waals surface area contributed by atoms with E-state index in [-0.39, 0.29) is 6.54 Å². The number of aliphatic hydroxyl groups is 1. The van der Waals surface area contributed by atoms with Gasteiger partial charge in [-0.25, -0.2) is 4.39 Å². The van der Waals surface area contributed by atoms with Crippen LogP contribution in [0.25, 0.3) is 10.9 Å². The SMILES string of the molecule is Cc1ccc2c(NCC(C)(O)CF)cccc2n1. The molecule has 1 heterocycles. The van der Waals surface area contributed by atoms with Gasteiger partial charge in [0, 0.05) is 23.3 Å². The highest BCUT2D eigenvalue weighted by atomic mass is 19.1. The van der Waals surface area contributed by atoms with Crippen LogP contribution in [0.3, 0.4) is 0 Å². The minimum atomic E-state index is -1.35. The van der Waals surface area contributed by atoms with Crippen molar-refractivity contribution in [3.8, 4) is 0 Å². The summed E-state index contributed by atoms with van der Waals surface area (Å²) in [5.41, 5.74) is 1.35. The summed E-state index contributed by atoms with van der Waals surface area (Å²) in [6.45, 7) is 2.79. The van der Waals surface area contributed by atoms with Crippen LogP contribution in [0.5, 0.6) is 0 Å². The number of alkyl halides is 1. The third-order valence-corrected chi connectivity index (χ3v) is 2.82. The van der Waals surface area contributed by atoms with E-state index in [4.69, 9.17) is 0 Å². The van der Waals surface area contributed by atoms with E-state index in [2.05, 4.69) is 10.3 Å². The van der Waals surface area contributed by atoms with Gasteiger partial charge < -0.3 is 10.4 Å². The topological polar surface area (TPSA) is 45.1 Å². The van der Waals surface area contributed by atoms with E-state index in [9.17, 15) is 9.50 Å². The minimum Gasteiger partial charge on any atom is -0.386 e. The zero-order valence-electron chi connectivity index (χ0n) is 10.6. The number of anilines is 1. The summed E-state index contributed by atoms with van der Waals surface area (Å²) >= 11 is 0. The van der Waals surface area contributed by atoms with Crippen LogP contribution in [0, 0.1) is 6.92 Å². The number of pyridine rings is 1. The number of nitrogens with one attached hydrogen (secondary N) is 1. The maximum absolute atomic E-state index is 12.5. The van der Waals surface area contributed by atoms with Gasteiger partial charge in [0.15, 0.2) is 0 Å². The van der Waals surface area contributed by atoms with Crippen molar-refractivity contribution in [2.45, 2.75) is 19.4 Å². The molecule has 3 nitrogen and oxygen atoms in total. The van der Waals surface area contributed by atoms with Gasteiger partial charge in [0.1, 0.15) is 12.3 Å². The van der Waals surface area contributed by atoms with E-state index in [0.717, 1.165) is 22.3 Å². The van der Waals surface area contributed by atoms with Gasteiger partial charge in [0.05, 0.1) is 5.52 Å². The Morgan fingerprint density at radius 3 is 2.83 bits per heavy atom. The highest BCUT2D eigenvalue weighted by Gasteiger charge is 2.19. The molecule has 18 heavy (non-hydrogen) atoms. The lowest BCUT2D eigenvalue weighted by Gasteiger charge is -2.21. The molecule has 4 heteroatoms. The van der Waals surface area contributed by atoms with Crippen molar-refractivity contribution in [2.75, 3.05) is 18.5 Å². The average molecular weight is 248 g/mol. The second-order valence-electron chi connectivity index (χ2n) is 4.81. The van der Waals surface area contributed by atoms with Gasteiger partial charge in [-0.2, -0.15) is 0 Å². The van der Waals surface area contributed by atoms with Crippen molar-refractivity contribution in [1.82, 2.24) is 4.98 Å². The molecule has 2 rings (SSSR count). The molecule has 0 aliphatic heterocycles. The standard InChI is InChI=1S/C14H17FN2O/c1-10-6-7-11-12(4-3-5-13(11)17-10)16-9-14(2,18)8-15/h3-7,16,18H,8-9H2,1-2H3. The number of fused-ring (bicyclic) bond motifs is 1. The van der Waals surface area contributed by atoms with Crippen LogP contribution >= 0.6 is 0 Å². The number of hydrogen-bond acceptors (Lipinski definition) is 3. The fourth-order valence-electron chi connectivity index (χ4n) is 1.74. The summed E-state index contributed by atoms with van der Waals surface area (Å²) in [5, 5.41) is 13.7. The van der Waals surface area contributed by atoms with Crippen LogP contribution in [0.1, 0.15) is 12.6 Å². The van der Waals surface area contributed by atoms with Crippen molar-refractivity contribution in [2.24, 2.45) is 0 Å². The van der Waals surface area contributed by atoms with Crippen LogP contribution < -0.4 is 5.32 Å². The molecule has 0 fully saturated rings. The first kappa shape index (κ1) is 12.8. The normalized spacial score (nSPS) is 14.4. The quantitative estimate of drug-likeness (QED) is 0.874. The zero-order chi connectivity index (χ0) is 13.2. The summed E-state index contributed by atoms with van der Waals surface area (Å²) in [4.78, 5) is 4.42. The second-order valence-corrected chi connectivity index (χ2v) is 4.81. The Morgan fingerprint density at radius 1 is 1.33 bits per heavy atom. The third-order valence-electron chi connectivity index (χ3n) is 2.82. The van der Waals surface area contributed by atoms with Crippen LogP contribution in [0.15, 0.2) is 30.3 Å². The molecular formula is C14H17FN2O. The highest BCUT2D eigenvalue weighted by Crippen LogP contribution is 2.22. The van der Waals surface area contributed by atoms with Crippen LogP contribution in [0.4, 0.5) is 10.1 Å². The smallest absolute Gasteiger partial charge is 0.120 e. The lowest BCUT2D eigenvalue weighted by Crippen LogP contribution is -2.35. The monoisotopic (exact) mass is 248 g/mol. The van der Waals surface area contributed by atoms with Gasteiger partial charge >= 0.3 is 0 Å². The molecule has 2 aromatic rings. The molecule has 0 amide bonds. The van der Waals surface area contributed by atoms with Gasteiger partial charge in [-0.05, 0) is 38.1 Å². The molecule has 0 saturated heterocycles. The Kier molecular flexibility index (Phi) is 3.48. The summed E-state index contributed by atoms with van der Waals surface area (Å²) in [6, 6.07) is 9.63. The lowest BCUT2D eigenvalue weighted by molar-refractivity contribution is 0.0462. The summed E-state index contributed by atoms with van der Waals surface area (Å²) in [5.74, 6) is 0. The number of halogens is 1. The van der Waals surface area contributed by atoms with E-state index in [1.54, 1.807) is 0 Å². The van der Waals surface area contributed by atoms with Gasteiger partial charge in [0.25, 0.3) is 0 Å². The lowest BCUT2D eigenvalue weighted by atomic mass is 10.1. The predicted molar refractivity (Wildman–Crippen MR) is 71.6 cm³/mol. The Morgan fingerprint density at radius 2 is 2.11 bits per heavy atom. The first-order chi connectivity index (χ1) is 8.52. The van der Waals surface area contributed by atoms with E-state index in [0.29, 0.717) is 0 Å². The predicted octanol–water partition coefficient (Wildman–Crippen LogP) is 2.68. The van der Waals surface area contributed by atoms with Crippen molar-refractivity contribution < 1.29 is 9.50 Å². The molecule has 1 aromatic carbocycles. The third kappa shape index (κ3) is 2.76. The number of hydrogen-bond donors (Lipinski definition) is 2. The summed E-state index contributed by atoms with van der Waals surface area (Å²) in [7, 11) is 0. The Hall–Kier alpha value is -1.68. The Labute approximate surface area is 106 Å². The van der Waals surface area contributed by atoms with Crippen molar-refractivity contribution in [3.63, 3.8) is 0 Å². The molecule has 0 spiro atoms. The number of benzene rings is 1. The maximum Gasteiger partial charge on any atom is 0.120 e. The van der Waals surface area contributed by atoms with E-state index in [1.165, 1.54) is 6.92 Å². The fraction of sp³-hybridized carbons (Fsp3) is 0.357. The van der Waals surface area contributed by atoms with Crippen molar-refractivity contribution in [1.29, 1.82) is 0 Å². The van der Waals surface area contributed by atoms with Crippen LogP contribution in [0.2, 0.25) is 0 Å². The highest BCUT2D eigenvalue weighted by molar-refractivity contribution is 5.91. The molecule has 96 valence electrons. The first-order valence-corrected chi connectivity index (χ1v) is 5.90. The number of aromatic nitrogens is 1. The zero-order valence-corrected chi connectivity index (χ0v) is 10.6. The fourth-order valence-corrected chi connectivity index (χ4v) is 1.74. The van der Waals surface area contributed by atoms with Gasteiger partial charge in [-0.15, -0.1) is 0 Å². The molecular weight excluding hydrogens is 231 g/mol. The summed E-state index contributed by atoms with van der Waals surface area (Å²) < 4.78 is 12.5. The molecule has 2 N–H and O–H groups in total. The molecule has 0 bridgehead atoms. The molecule has 0 saturated carbocycles. The molecule has 1 aromatic heterocycles. The van der Waals surface area contributed by atoms with Gasteiger partial charge in [-0.1, -0.05) is 6.07 Å². The van der Waals surface area contributed by atoms with E-state index in [1.807, 2.05) is 37.3 Å². The second kappa shape index (κ2) is 4.90. The van der Waals surface area contributed by atoms with Gasteiger partial charge in [0.2, 0.25) is 0 Å². The largest absolute Gasteiger partial charge is 0.386 e. The maximum atomic E-state index is 12.5. The summed E-state index contributed by atoms with van der Waals surface area (Å²) in [6.07, 6.45) is 0. The number of nitrogens with zero attached hydrogens (tertiary/aromatic N) is 1. The molecule has 0 aliphatic rings. The van der Waals surface area contributed by atoms with Crippen LogP contribution in [-0.4, -0.2) is 28.9 Å². The van der Waals surface area contributed by atoms with Crippen LogP contribution in [-0.2, 0) is 0 Å². The first-order valence-electron chi connectivity index (χ1n) is 5.90. The minimum absolute atomic E-state index is 0.163. The number of aryl methyl sites for hydroxylation is 1. The Bertz CT molecular complexity index is 554. The van der Waals surface area contributed by atoms with E-state index < -0.39 is 12.3 Å². The number of rotatable bonds is 4.